The molecule has 1 aliphatic carbocycles. The van der Waals surface area contributed by atoms with Crippen molar-refractivity contribution in [1.29, 1.82) is 0 Å². The van der Waals surface area contributed by atoms with Gasteiger partial charge in [-0.15, -0.1) is 0 Å². The van der Waals surface area contributed by atoms with Gasteiger partial charge in [0.15, 0.2) is 0 Å². The Labute approximate surface area is 178 Å². The number of rotatable bonds is 4. The molecule has 5 rings (SSSR count). The van der Waals surface area contributed by atoms with Gasteiger partial charge in [0.1, 0.15) is 16.7 Å². The SMILES string of the molecule is Cc1onc2c1c(=O)n(C1CCCC(CNC(=O)c3cccnc3)C1)c1cnccc21. The summed E-state index contributed by atoms with van der Waals surface area (Å²) in [5.74, 6) is 0.698. The fourth-order valence-electron chi connectivity index (χ4n) is 4.70. The zero-order valence-corrected chi connectivity index (χ0v) is 17.2. The molecular formula is C23H23N5O3. The Morgan fingerprint density at radius 2 is 2.10 bits per heavy atom. The highest BCUT2D eigenvalue weighted by molar-refractivity contribution is 6.03. The molecule has 1 fully saturated rings. The topological polar surface area (TPSA) is 103 Å². The predicted octanol–water partition coefficient (Wildman–Crippen LogP) is 3.40. The predicted molar refractivity (Wildman–Crippen MR) is 116 cm³/mol. The van der Waals surface area contributed by atoms with Crippen LogP contribution in [0.5, 0.6) is 0 Å². The highest BCUT2D eigenvalue weighted by Crippen LogP contribution is 2.34. The van der Waals surface area contributed by atoms with Crippen LogP contribution in [0, 0.1) is 12.8 Å². The number of aromatic nitrogens is 4. The maximum Gasteiger partial charge on any atom is 0.264 e. The minimum atomic E-state index is -0.122. The molecule has 0 aliphatic heterocycles. The summed E-state index contributed by atoms with van der Waals surface area (Å²) < 4.78 is 7.20. The summed E-state index contributed by atoms with van der Waals surface area (Å²) >= 11 is 0. The fraction of sp³-hybridized carbons (Fsp3) is 0.348. The smallest absolute Gasteiger partial charge is 0.264 e. The summed E-state index contributed by atoms with van der Waals surface area (Å²) in [6.07, 6.45) is 10.4. The molecule has 8 nitrogen and oxygen atoms in total. The molecule has 1 amide bonds. The Kier molecular flexibility index (Phi) is 4.97. The van der Waals surface area contributed by atoms with Crippen molar-refractivity contribution in [1.82, 2.24) is 25.0 Å². The van der Waals surface area contributed by atoms with Gasteiger partial charge in [-0.25, -0.2) is 0 Å². The fourth-order valence-corrected chi connectivity index (χ4v) is 4.70. The Bertz CT molecular complexity index is 1310. The van der Waals surface area contributed by atoms with Crippen molar-refractivity contribution in [3.05, 3.63) is 64.7 Å². The molecular weight excluding hydrogens is 394 g/mol. The van der Waals surface area contributed by atoms with E-state index in [-0.39, 0.29) is 23.4 Å². The van der Waals surface area contributed by atoms with Crippen molar-refractivity contribution in [3.63, 3.8) is 0 Å². The van der Waals surface area contributed by atoms with E-state index in [1.54, 1.807) is 43.8 Å². The molecule has 1 saturated carbocycles. The molecule has 1 aliphatic rings. The largest absolute Gasteiger partial charge is 0.360 e. The number of pyridine rings is 3. The number of amides is 1. The number of hydrogen-bond acceptors (Lipinski definition) is 6. The molecule has 4 aromatic rings. The molecule has 4 heterocycles. The van der Waals surface area contributed by atoms with Crippen molar-refractivity contribution in [3.8, 4) is 0 Å². The number of nitrogens with one attached hydrogen (secondary N) is 1. The van der Waals surface area contributed by atoms with Crippen molar-refractivity contribution in [2.75, 3.05) is 6.54 Å². The molecule has 0 aromatic carbocycles. The second-order valence-corrected chi connectivity index (χ2v) is 8.17. The molecule has 8 heteroatoms. The number of nitrogens with zero attached hydrogens (tertiary/aromatic N) is 4. The van der Waals surface area contributed by atoms with Gasteiger partial charge >= 0.3 is 0 Å². The molecule has 0 bridgehead atoms. The van der Waals surface area contributed by atoms with Crippen LogP contribution in [0.4, 0.5) is 0 Å². The molecule has 31 heavy (non-hydrogen) atoms. The summed E-state index contributed by atoms with van der Waals surface area (Å²) in [5, 5.41) is 8.54. The highest BCUT2D eigenvalue weighted by atomic mass is 16.5. The van der Waals surface area contributed by atoms with E-state index in [4.69, 9.17) is 4.52 Å². The summed E-state index contributed by atoms with van der Waals surface area (Å²) in [7, 11) is 0. The van der Waals surface area contributed by atoms with Gasteiger partial charge in [-0.3, -0.25) is 19.6 Å². The maximum atomic E-state index is 13.4. The molecule has 158 valence electrons. The third kappa shape index (κ3) is 3.48. The first-order chi connectivity index (χ1) is 15.1. The van der Waals surface area contributed by atoms with Crippen molar-refractivity contribution >= 4 is 27.7 Å². The van der Waals surface area contributed by atoms with Crippen molar-refractivity contribution < 1.29 is 9.32 Å². The summed E-state index contributed by atoms with van der Waals surface area (Å²) in [6.45, 7) is 2.34. The number of hydrogen-bond donors (Lipinski definition) is 1. The van der Waals surface area contributed by atoms with Crippen LogP contribution in [0.25, 0.3) is 21.8 Å². The zero-order chi connectivity index (χ0) is 21.4. The van der Waals surface area contributed by atoms with Crippen LogP contribution >= 0.6 is 0 Å². The van der Waals surface area contributed by atoms with Crippen LogP contribution in [-0.4, -0.2) is 32.1 Å². The molecule has 1 N–H and O–H groups in total. The standard InChI is InChI=1S/C23H23N5O3/c1-14-20-21(27-31-14)18-7-9-25-13-19(18)28(23(20)30)17-6-2-4-15(10-17)11-26-22(29)16-5-3-8-24-12-16/h3,5,7-9,12-13,15,17H,2,4,6,10-11H2,1H3,(H,26,29). The van der Waals surface area contributed by atoms with Crippen molar-refractivity contribution in [2.45, 2.75) is 38.6 Å². The average molecular weight is 417 g/mol. The van der Waals surface area contributed by atoms with Gasteiger partial charge in [-0.1, -0.05) is 11.6 Å². The lowest BCUT2D eigenvalue weighted by atomic mass is 9.85. The average Bonchev–Trinajstić information content (AvgIpc) is 3.21. The molecule has 2 unspecified atom stereocenters. The van der Waals surface area contributed by atoms with Gasteiger partial charge in [0.2, 0.25) is 0 Å². The van der Waals surface area contributed by atoms with Crippen LogP contribution in [0.15, 0.2) is 52.3 Å². The van der Waals surface area contributed by atoms with Crippen molar-refractivity contribution in [2.24, 2.45) is 5.92 Å². The number of carbonyl (C=O) groups excluding carboxylic acids is 1. The minimum absolute atomic E-state index is 0.0342. The van der Waals surface area contributed by atoms with E-state index in [0.29, 0.717) is 28.8 Å². The molecule has 0 spiro atoms. The van der Waals surface area contributed by atoms with E-state index < -0.39 is 0 Å². The Morgan fingerprint density at radius 3 is 2.94 bits per heavy atom. The van der Waals surface area contributed by atoms with Gasteiger partial charge in [0.25, 0.3) is 11.5 Å². The molecule has 0 radical (unpaired) electrons. The summed E-state index contributed by atoms with van der Waals surface area (Å²) in [5.41, 5.74) is 1.83. The first-order valence-corrected chi connectivity index (χ1v) is 10.6. The lowest BCUT2D eigenvalue weighted by Gasteiger charge is -2.31. The van der Waals surface area contributed by atoms with Gasteiger partial charge in [0, 0.05) is 36.6 Å². The third-order valence-electron chi connectivity index (χ3n) is 6.21. The van der Waals surface area contributed by atoms with E-state index in [2.05, 4.69) is 20.4 Å². The Morgan fingerprint density at radius 1 is 1.23 bits per heavy atom. The molecule has 2 atom stereocenters. The number of fused-ring (bicyclic) bond motifs is 3. The molecule has 0 saturated heterocycles. The van der Waals surface area contributed by atoms with Crippen LogP contribution < -0.4 is 10.9 Å². The molecule has 4 aromatic heterocycles. The maximum absolute atomic E-state index is 13.4. The second-order valence-electron chi connectivity index (χ2n) is 8.17. The normalized spacial score (nSPS) is 19.0. The third-order valence-corrected chi connectivity index (χ3v) is 6.21. The Hall–Kier alpha value is -3.55. The lowest BCUT2D eigenvalue weighted by Crippen LogP contribution is -2.34. The minimum Gasteiger partial charge on any atom is -0.360 e. The van der Waals surface area contributed by atoms with Crippen LogP contribution in [0.2, 0.25) is 0 Å². The zero-order valence-electron chi connectivity index (χ0n) is 17.2. The van der Waals surface area contributed by atoms with E-state index in [0.717, 1.165) is 36.6 Å². The van der Waals surface area contributed by atoms with Crippen LogP contribution in [0.3, 0.4) is 0 Å². The van der Waals surface area contributed by atoms with Gasteiger partial charge in [-0.05, 0) is 50.3 Å². The quantitative estimate of drug-likeness (QED) is 0.546. The first-order valence-electron chi connectivity index (χ1n) is 10.6. The second kappa shape index (κ2) is 7.94. The van der Waals surface area contributed by atoms with Gasteiger partial charge in [0.05, 0.1) is 17.3 Å². The van der Waals surface area contributed by atoms with E-state index >= 15 is 0 Å². The van der Waals surface area contributed by atoms with Gasteiger partial charge < -0.3 is 14.4 Å². The van der Waals surface area contributed by atoms with Gasteiger partial charge in [-0.2, -0.15) is 0 Å². The van der Waals surface area contributed by atoms with Crippen LogP contribution in [-0.2, 0) is 0 Å². The van der Waals surface area contributed by atoms with E-state index in [1.807, 2.05) is 10.6 Å². The number of carbonyl (C=O) groups is 1. The first kappa shape index (κ1) is 19.4. The van der Waals surface area contributed by atoms with Crippen LogP contribution in [0.1, 0.15) is 47.8 Å². The monoisotopic (exact) mass is 417 g/mol. The summed E-state index contributed by atoms with van der Waals surface area (Å²) in [4.78, 5) is 34.1. The Balaban J connectivity index is 1.43. The summed E-state index contributed by atoms with van der Waals surface area (Å²) in [6, 6.07) is 5.41. The van der Waals surface area contributed by atoms with E-state index in [1.165, 1.54) is 0 Å². The van der Waals surface area contributed by atoms with E-state index in [9.17, 15) is 9.59 Å². The lowest BCUT2D eigenvalue weighted by molar-refractivity contribution is 0.0940. The number of aryl methyl sites for hydroxylation is 1. The highest BCUT2D eigenvalue weighted by Gasteiger charge is 2.27.